The summed E-state index contributed by atoms with van der Waals surface area (Å²) < 4.78 is 1.90. The second-order valence-electron chi connectivity index (χ2n) is 5.80. The van der Waals surface area contributed by atoms with Crippen molar-refractivity contribution in [1.29, 1.82) is 0 Å². The van der Waals surface area contributed by atoms with Crippen molar-refractivity contribution in [3.63, 3.8) is 0 Å². The van der Waals surface area contributed by atoms with Gasteiger partial charge >= 0.3 is 0 Å². The average molecular weight is 341 g/mol. The lowest BCUT2D eigenvalue weighted by atomic mass is 10.1. The molecular weight excluding hydrogens is 322 g/mol. The predicted molar refractivity (Wildman–Crippen MR) is 107 cm³/mol. The average Bonchev–Trinajstić information content (AvgIpc) is 3.04. The molecule has 3 heteroatoms. The Labute approximate surface area is 153 Å². The van der Waals surface area contributed by atoms with E-state index in [4.69, 9.17) is 0 Å². The van der Waals surface area contributed by atoms with Gasteiger partial charge in [-0.3, -0.25) is 0 Å². The molecule has 0 saturated heterocycles. The van der Waals surface area contributed by atoms with Gasteiger partial charge in [0.1, 0.15) is 11.5 Å². The Kier molecular flexibility index (Phi) is 4.96. The van der Waals surface area contributed by atoms with Gasteiger partial charge in [-0.05, 0) is 24.6 Å². The number of hydrogen-bond acceptors (Lipinski definition) is 2. The van der Waals surface area contributed by atoms with Crippen LogP contribution in [0.1, 0.15) is 29.2 Å². The third kappa shape index (κ3) is 3.71. The first-order chi connectivity index (χ1) is 12.6. The molecule has 3 nitrogen and oxygen atoms in total. The molecule has 26 heavy (non-hydrogen) atoms. The van der Waals surface area contributed by atoms with Crippen LogP contribution in [0.2, 0.25) is 0 Å². The fourth-order valence-electron chi connectivity index (χ4n) is 2.67. The van der Waals surface area contributed by atoms with E-state index in [-0.39, 0.29) is 11.5 Å². The number of aliphatic hydroxyl groups is 1. The zero-order valence-corrected chi connectivity index (χ0v) is 14.5. The maximum Gasteiger partial charge on any atom is 0.128 e. The molecule has 2 N–H and O–H groups in total. The summed E-state index contributed by atoms with van der Waals surface area (Å²) in [6.07, 6.45) is 7.94. The van der Waals surface area contributed by atoms with Gasteiger partial charge in [-0.1, -0.05) is 55.0 Å². The smallest absolute Gasteiger partial charge is 0.128 e. The van der Waals surface area contributed by atoms with Gasteiger partial charge in [0, 0.05) is 35.3 Å². The van der Waals surface area contributed by atoms with Crippen LogP contribution in [-0.4, -0.2) is 14.8 Å². The van der Waals surface area contributed by atoms with E-state index in [9.17, 15) is 10.2 Å². The molecule has 1 heterocycles. The van der Waals surface area contributed by atoms with E-state index in [2.05, 4.69) is 18.4 Å². The quantitative estimate of drug-likeness (QED) is 0.503. The van der Waals surface area contributed by atoms with Crippen molar-refractivity contribution in [2.45, 2.75) is 6.92 Å². The lowest BCUT2D eigenvalue weighted by Gasteiger charge is -2.07. The minimum atomic E-state index is -0.162. The lowest BCUT2D eigenvalue weighted by Crippen LogP contribution is -1.91. The van der Waals surface area contributed by atoms with Crippen LogP contribution in [0.4, 0.5) is 0 Å². The number of nitrogens with zero attached hydrogens (tertiary/aromatic N) is 1. The van der Waals surface area contributed by atoms with Gasteiger partial charge in [-0.15, -0.1) is 5.92 Å². The topological polar surface area (TPSA) is 45.4 Å². The molecule has 0 unspecified atom stereocenters. The Hall–Kier alpha value is -3.64. The minimum absolute atomic E-state index is 0.0202. The Balaban J connectivity index is 1.99. The van der Waals surface area contributed by atoms with Crippen LogP contribution in [0.25, 0.3) is 23.6 Å². The number of rotatable bonds is 4. The second-order valence-corrected chi connectivity index (χ2v) is 5.80. The van der Waals surface area contributed by atoms with E-state index in [0.717, 1.165) is 22.4 Å². The van der Waals surface area contributed by atoms with E-state index >= 15 is 0 Å². The fourth-order valence-corrected chi connectivity index (χ4v) is 2.67. The summed E-state index contributed by atoms with van der Waals surface area (Å²) in [7, 11) is 0. The molecule has 3 rings (SSSR count). The van der Waals surface area contributed by atoms with Crippen molar-refractivity contribution in [1.82, 2.24) is 4.57 Å². The van der Waals surface area contributed by atoms with Crippen molar-refractivity contribution in [3.8, 4) is 23.3 Å². The standard InChI is InChI=1S/C23H19NO2/c1-3-7-19-15-24(21-12-13-22(17(2)25)23(26)14-21)16-20(19)11-10-18-8-5-4-6-9-18/h4-6,8-16,25-26H,2H2,1H3/b11-10+. The van der Waals surface area contributed by atoms with Crippen LogP contribution >= 0.6 is 0 Å². The highest BCUT2D eigenvalue weighted by Gasteiger charge is 2.08. The van der Waals surface area contributed by atoms with Crippen molar-refractivity contribution in [3.05, 3.63) is 89.8 Å². The van der Waals surface area contributed by atoms with Gasteiger partial charge in [-0.2, -0.15) is 0 Å². The molecule has 3 aromatic rings. The van der Waals surface area contributed by atoms with Gasteiger partial charge in [0.25, 0.3) is 0 Å². The highest BCUT2D eigenvalue weighted by atomic mass is 16.3. The lowest BCUT2D eigenvalue weighted by molar-refractivity contribution is 0.460. The van der Waals surface area contributed by atoms with Crippen molar-refractivity contribution >= 4 is 17.9 Å². The van der Waals surface area contributed by atoms with Crippen LogP contribution < -0.4 is 0 Å². The maximum atomic E-state index is 10.1. The summed E-state index contributed by atoms with van der Waals surface area (Å²) in [6, 6.07) is 15.1. The number of hydrogen-bond donors (Lipinski definition) is 2. The molecule has 0 aliphatic rings. The molecule has 0 amide bonds. The molecule has 0 bridgehead atoms. The largest absolute Gasteiger partial charge is 0.508 e. The maximum absolute atomic E-state index is 10.1. The summed E-state index contributed by atoms with van der Waals surface area (Å²) in [5, 5.41) is 19.6. The molecule has 2 aromatic carbocycles. The highest BCUT2D eigenvalue weighted by Crippen LogP contribution is 2.26. The predicted octanol–water partition coefficient (Wildman–Crippen LogP) is 5.25. The number of aromatic hydroxyl groups is 1. The Morgan fingerprint density at radius 3 is 2.50 bits per heavy atom. The molecule has 0 saturated carbocycles. The van der Waals surface area contributed by atoms with E-state index in [1.165, 1.54) is 0 Å². The van der Waals surface area contributed by atoms with E-state index in [1.54, 1.807) is 19.1 Å². The van der Waals surface area contributed by atoms with Crippen molar-refractivity contribution in [2.24, 2.45) is 0 Å². The molecule has 0 aliphatic heterocycles. The van der Waals surface area contributed by atoms with Crippen molar-refractivity contribution in [2.75, 3.05) is 0 Å². The Bertz CT molecular complexity index is 1030. The summed E-state index contributed by atoms with van der Waals surface area (Å²) in [4.78, 5) is 0. The molecule has 0 aliphatic carbocycles. The van der Waals surface area contributed by atoms with Gasteiger partial charge in [0.15, 0.2) is 0 Å². The van der Waals surface area contributed by atoms with E-state index in [1.807, 2.05) is 65.5 Å². The van der Waals surface area contributed by atoms with E-state index in [0.29, 0.717) is 5.56 Å². The first kappa shape index (κ1) is 17.2. The van der Waals surface area contributed by atoms with Gasteiger partial charge in [0.2, 0.25) is 0 Å². The van der Waals surface area contributed by atoms with Gasteiger partial charge in [0.05, 0.1) is 5.56 Å². The highest BCUT2D eigenvalue weighted by molar-refractivity contribution is 5.73. The normalized spacial score (nSPS) is 10.5. The van der Waals surface area contributed by atoms with Gasteiger partial charge in [-0.25, -0.2) is 0 Å². The first-order valence-corrected chi connectivity index (χ1v) is 8.18. The Morgan fingerprint density at radius 1 is 1.08 bits per heavy atom. The van der Waals surface area contributed by atoms with Gasteiger partial charge < -0.3 is 14.8 Å². The third-order valence-electron chi connectivity index (χ3n) is 3.96. The number of phenolic OH excluding ortho intramolecular Hbond substituents is 1. The first-order valence-electron chi connectivity index (χ1n) is 8.18. The Morgan fingerprint density at radius 2 is 1.85 bits per heavy atom. The zero-order valence-electron chi connectivity index (χ0n) is 14.5. The molecule has 0 radical (unpaired) electrons. The van der Waals surface area contributed by atoms with Crippen LogP contribution in [0.3, 0.4) is 0 Å². The summed E-state index contributed by atoms with van der Waals surface area (Å²) in [5.74, 6) is 5.86. The van der Waals surface area contributed by atoms with Crippen LogP contribution in [0.5, 0.6) is 5.75 Å². The SMILES string of the molecule is C=C(O)c1ccc(-n2cc(C#CC)c(/C=C/c3ccccc3)c2)cc1O. The fraction of sp³-hybridized carbons (Fsp3) is 0.0435. The monoisotopic (exact) mass is 341 g/mol. The molecule has 0 atom stereocenters. The van der Waals surface area contributed by atoms with Crippen LogP contribution in [0.15, 0.2) is 67.5 Å². The molecule has 128 valence electrons. The molecule has 0 fully saturated rings. The van der Waals surface area contributed by atoms with Crippen LogP contribution in [0, 0.1) is 11.8 Å². The van der Waals surface area contributed by atoms with Crippen molar-refractivity contribution < 1.29 is 10.2 Å². The summed E-state index contributed by atoms with van der Waals surface area (Å²) in [6.45, 7) is 5.25. The third-order valence-corrected chi connectivity index (χ3v) is 3.96. The number of aromatic nitrogens is 1. The summed E-state index contributed by atoms with van der Waals surface area (Å²) in [5.41, 5.74) is 4.08. The molecule has 1 aromatic heterocycles. The minimum Gasteiger partial charge on any atom is -0.508 e. The number of phenols is 1. The summed E-state index contributed by atoms with van der Waals surface area (Å²) >= 11 is 0. The zero-order chi connectivity index (χ0) is 18.5. The second kappa shape index (κ2) is 7.50. The van der Waals surface area contributed by atoms with Crippen LogP contribution in [-0.2, 0) is 0 Å². The molecular formula is C23H19NO2. The number of benzene rings is 2. The molecule has 0 spiro atoms. The van der Waals surface area contributed by atoms with E-state index < -0.39 is 0 Å². The number of aliphatic hydroxyl groups excluding tert-OH is 1.